The standard InChI is InChI=1S/C19H28O2/c1-7-19(6)16(20)11-17(19)21-18-14(12(2)3)9-8-10-15(18)13(4)5/h8-10,12-13,17H,7,11H2,1-6H3. The Balaban J connectivity index is 2.37. The molecule has 0 heterocycles. The van der Waals surface area contributed by atoms with Crippen molar-refractivity contribution in [1.29, 1.82) is 0 Å². The summed E-state index contributed by atoms with van der Waals surface area (Å²) in [5.74, 6) is 2.19. The predicted molar refractivity (Wildman–Crippen MR) is 87.1 cm³/mol. The number of hydrogen-bond acceptors (Lipinski definition) is 2. The minimum Gasteiger partial charge on any atom is -0.488 e. The van der Waals surface area contributed by atoms with Gasteiger partial charge in [0.2, 0.25) is 0 Å². The number of ether oxygens (including phenoxy) is 1. The Kier molecular flexibility index (Phi) is 4.46. The molecule has 2 rings (SSSR count). The number of carbonyl (C=O) groups is 1. The second kappa shape index (κ2) is 5.82. The van der Waals surface area contributed by atoms with Gasteiger partial charge < -0.3 is 4.74 Å². The van der Waals surface area contributed by atoms with Crippen molar-refractivity contribution in [2.75, 3.05) is 0 Å². The van der Waals surface area contributed by atoms with Crippen LogP contribution >= 0.6 is 0 Å². The van der Waals surface area contributed by atoms with E-state index in [2.05, 4.69) is 52.8 Å². The van der Waals surface area contributed by atoms with Crippen molar-refractivity contribution < 1.29 is 9.53 Å². The molecular formula is C19H28O2. The van der Waals surface area contributed by atoms with Gasteiger partial charge in [0.05, 0.1) is 5.41 Å². The van der Waals surface area contributed by atoms with Crippen LogP contribution in [0.15, 0.2) is 18.2 Å². The molecule has 2 unspecified atom stereocenters. The molecule has 0 N–H and O–H groups in total. The highest BCUT2D eigenvalue weighted by Gasteiger charge is 2.51. The number of para-hydroxylation sites is 1. The average Bonchev–Trinajstić information content (AvgIpc) is 2.45. The Morgan fingerprint density at radius 2 is 1.71 bits per heavy atom. The minimum atomic E-state index is -0.307. The van der Waals surface area contributed by atoms with Gasteiger partial charge in [-0.05, 0) is 36.3 Å². The van der Waals surface area contributed by atoms with Crippen LogP contribution < -0.4 is 4.74 Å². The van der Waals surface area contributed by atoms with Gasteiger partial charge in [-0.25, -0.2) is 0 Å². The van der Waals surface area contributed by atoms with Gasteiger partial charge in [-0.3, -0.25) is 4.79 Å². The summed E-state index contributed by atoms with van der Waals surface area (Å²) >= 11 is 0. The lowest BCUT2D eigenvalue weighted by molar-refractivity contribution is -0.150. The molecule has 1 saturated carbocycles. The van der Waals surface area contributed by atoms with Gasteiger partial charge in [0.25, 0.3) is 0 Å². The van der Waals surface area contributed by atoms with E-state index in [4.69, 9.17) is 4.74 Å². The molecule has 2 nitrogen and oxygen atoms in total. The summed E-state index contributed by atoms with van der Waals surface area (Å²) in [4.78, 5) is 11.9. The van der Waals surface area contributed by atoms with Crippen molar-refractivity contribution in [3.63, 3.8) is 0 Å². The monoisotopic (exact) mass is 288 g/mol. The molecule has 0 aliphatic heterocycles. The number of rotatable bonds is 5. The van der Waals surface area contributed by atoms with Crippen LogP contribution in [-0.4, -0.2) is 11.9 Å². The summed E-state index contributed by atoms with van der Waals surface area (Å²) in [5.41, 5.74) is 2.19. The summed E-state index contributed by atoms with van der Waals surface area (Å²) in [5, 5.41) is 0. The van der Waals surface area contributed by atoms with E-state index in [1.54, 1.807) is 0 Å². The quantitative estimate of drug-likeness (QED) is 0.756. The number of benzene rings is 1. The molecule has 0 spiro atoms. The Bertz CT molecular complexity index is 504. The third-order valence-corrected chi connectivity index (χ3v) is 5.03. The van der Waals surface area contributed by atoms with Crippen LogP contribution in [-0.2, 0) is 4.79 Å². The Morgan fingerprint density at radius 3 is 2.10 bits per heavy atom. The highest BCUT2D eigenvalue weighted by molar-refractivity contribution is 5.92. The average molecular weight is 288 g/mol. The Hall–Kier alpha value is -1.31. The van der Waals surface area contributed by atoms with Gasteiger partial charge in [0.1, 0.15) is 17.6 Å². The van der Waals surface area contributed by atoms with Gasteiger partial charge in [0, 0.05) is 6.42 Å². The van der Waals surface area contributed by atoms with Crippen LogP contribution in [0.25, 0.3) is 0 Å². The summed E-state index contributed by atoms with van der Waals surface area (Å²) in [6.07, 6.45) is 1.42. The minimum absolute atomic E-state index is 0.0207. The normalized spacial score (nSPS) is 25.3. The number of carbonyl (C=O) groups excluding carboxylic acids is 1. The van der Waals surface area contributed by atoms with E-state index in [-0.39, 0.29) is 11.5 Å². The fraction of sp³-hybridized carbons (Fsp3) is 0.632. The summed E-state index contributed by atoms with van der Waals surface area (Å²) in [6, 6.07) is 6.41. The van der Waals surface area contributed by atoms with E-state index >= 15 is 0 Å². The third-order valence-electron chi connectivity index (χ3n) is 5.03. The fourth-order valence-electron chi connectivity index (χ4n) is 3.03. The van der Waals surface area contributed by atoms with Gasteiger partial charge in [-0.1, -0.05) is 52.8 Å². The maximum Gasteiger partial charge on any atom is 0.146 e. The van der Waals surface area contributed by atoms with Crippen LogP contribution in [0, 0.1) is 5.41 Å². The topological polar surface area (TPSA) is 26.3 Å². The van der Waals surface area contributed by atoms with Crippen LogP contribution in [0.2, 0.25) is 0 Å². The number of Topliss-reactive ketones (excluding diaryl/α,β-unsaturated/α-hetero) is 1. The molecule has 1 aromatic carbocycles. The molecule has 0 radical (unpaired) electrons. The second-order valence-corrected chi connectivity index (χ2v) is 7.08. The van der Waals surface area contributed by atoms with Crippen LogP contribution in [0.1, 0.15) is 77.3 Å². The van der Waals surface area contributed by atoms with Gasteiger partial charge in [-0.15, -0.1) is 0 Å². The molecule has 21 heavy (non-hydrogen) atoms. The van der Waals surface area contributed by atoms with Crippen molar-refractivity contribution in [2.24, 2.45) is 5.41 Å². The third kappa shape index (κ3) is 2.73. The van der Waals surface area contributed by atoms with E-state index in [1.165, 1.54) is 11.1 Å². The molecule has 0 saturated heterocycles. The van der Waals surface area contributed by atoms with Crippen molar-refractivity contribution in [2.45, 2.75) is 72.3 Å². The molecule has 0 bridgehead atoms. The SMILES string of the molecule is CCC1(C)C(=O)CC1Oc1c(C(C)C)cccc1C(C)C. The van der Waals surface area contributed by atoms with E-state index < -0.39 is 0 Å². The molecule has 1 aliphatic rings. The lowest BCUT2D eigenvalue weighted by Crippen LogP contribution is -2.54. The molecule has 116 valence electrons. The predicted octanol–water partition coefficient (Wildman–Crippen LogP) is 5.07. The van der Waals surface area contributed by atoms with E-state index in [0.29, 0.717) is 24.0 Å². The largest absolute Gasteiger partial charge is 0.488 e. The first-order valence-corrected chi connectivity index (χ1v) is 8.14. The maximum atomic E-state index is 11.9. The van der Waals surface area contributed by atoms with Crippen molar-refractivity contribution in [3.8, 4) is 5.75 Å². The van der Waals surface area contributed by atoms with E-state index in [9.17, 15) is 4.79 Å². The number of ketones is 1. The molecule has 1 aromatic rings. The first-order valence-electron chi connectivity index (χ1n) is 8.14. The van der Waals surface area contributed by atoms with Gasteiger partial charge in [0.15, 0.2) is 0 Å². The molecule has 1 aliphatic carbocycles. The van der Waals surface area contributed by atoms with E-state index in [0.717, 1.165) is 12.2 Å². The highest BCUT2D eigenvalue weighted by Crippen LogP contribution is 2.45. The van der Waals surface area contributed by atoms with Gasteiger partial charge >= 0.3 is 0 Å². The van der Waals surface area contributed by atoms with Crippen LogP contribution in [0.3, 0.4) is 0 Å². The summed E-state index contributed by atoms with van der Waals surface area (Å²) in [6.45, 7) is 12.9. The zero-order valence-electron chi connectivity index (χ0n) is 14.2. The first kappa shape index (κ1) is 16.1. The second-order valence-electron chi connectivity index (χ2n) is 7.08. The first-order chi connectivity index (χ1) is 9.81. The Labute approximate surface area is 128 Å². The van der Waals surface area contributed by atoms with E-state index in [1.807, 2.05) is 6.92 Å². The van der Waals surface area contributed by atoms with Crippen LogP contribution in [0.5, 0.6) is 5.75 Å². The maximum absolute atomic E-state index is 11.9. The Morgan fingerprint density at radius 1 is 1.19 bits per heavy atom. The van der Waals surface area contributed by atoms with Crippen molar-refractivity contribution >= 4 is 5.78 Å². The van der Waals surface area contributed by atoms with Crippen LogP contribution in [0.4, 0.5) is 0 Å². The smallest absolute Gasteiger partial charge is 0.146 e. The number of hydrogen-bond donors (Lipinski definition) is 0. The molecule has 2 atom stereocenters. The molecule has 0 aromatic heterocycles. The molecular weight excluding hydrogens is 260 g/mol. The molecule has 2 heteroatoms. The fourth-order valence-corrected chi connectivity index (χ4v) is 3.03. The zero-order chi connectivity index (χ0) is 15.8. The van der Waals surface area contributed by atoms with Crippen molar-refractivity contribution in [1.82, 2.24) is 0 Å². The summed E-state index contributed by atoms with van der Waals surface area (Å²) in [7, 11) is 0. The lowest BCUT2D eigenvalue weighted by Gasteiger charge is -2.45. The zero-order valence-corrected chi connectivity index (χ0v) is 14.2. The summed E-state index contributed by atoms with van der Waals surface area (Å²) < 4.78 is 6.39. The molecule has 0 amide bonds. The van der Waals surface area contributed by atoms with Gasteiger partial charge in [-0.2, -0.15) is 0 Å². The van der Waals surface area contributed by atoms with Crippen molar-refractivity contribution in [3.05, 3.63) is 29.3 Å². The highest BCUT2D eigenvalue weighted by atomic mass is 16.5. The molecule has 1 fully saturated rings. The lowest BCUT2D eigenvalue weighted by atomic mass is 9.64.